The molecule has 0 aromatic rings. The third-order valence-electron chi connectivity index (χ3n) is 2.66. The third kappa shape index (κ3) is 2.75. The highest BCUT2D eigenvalue weighted by atomic mass is 32.2. The molecule has 0 aromatic carbocycles. The van der Waals surface area contributed by atoms with Gasteiger partial charge in [-0.15, -0.1) is 0 Å². The van der Waals surface area contributed by atoms with Crippen LogP contribution in [0.5, 0.6) is 0 Å². The van der Waals surface area contributed by atoms with E-state index in [-0.39, 0.29) is 11.3 Å². The van der Waals surface area contributed by atoms with Gasteiger partial charge in [-0.2, -0.15) is 0 Å². The molecule has 0 aromatic heterocycles. The molecule has 2 atom stereocenters. The highest BCUT2D eigenvalue weighted by Crippen LogP contribution is 2.43. The van der Waals surface area contributed by atoms with Crippen LogP contribution in [0.2, 0.25) is 0 Å². The van der Waals surface area contributed by atoms with Crippen molar-refractivity contribution in [3.63, 3.8) is 0 Å². The van der Waals surface area contributed by atoms with Crippen molar-refractivity contribution in [2.24, 2.45) is 11.7 Å². The van der Waals surface area contributed by atoms with E-state index >= 15 is 0 Å². The van der Waals surface area contributed by atoms with E-state index in [4.69, 9.17) is 5.73 Å². The molecule has 72 valence electrons. The lowest BCUT2D eigenvalue weighted by atomic mass is 10.1. The van der Waals surface area contributed by atoms with E-state index in [1.807, 2.05) is 0 Å². The lowest BCUT2D eigenvalue weighted by molar-refractivity contribution is 0.548. The van der Waals surface area contributed by atoms with E-state index in [1.165, 1.54) is 6.26 Å². The summed E-state index contributed by atoms with van der Waals surface area (Å²) in [5.41, 5.74) is 5.89. The first-order chi connectivity index (χ1) is 5.33. The molecule has 0 saturated heterocycles. The number of hydrogen-bond donors (Lipinski definition) is 1. The largest absolute Gasteiger partial charge is 0.325 e. The maximum atomic E-state index is 10.8. The second-order valence-electron chi connectivity index (χ2n) is 4.07. The standard InChI is InChI=1S/C8H17NO2S/c1-7-6-8(7,9)4-3-5-12(2,10)11/h7H,3-6,9H2,1-2H3. The molecular weight excluding hydrogens is 174 g/mol. The molecule has 0 bridgehead atoms. The van der Waals surface area contributed by atoms with E-state index in [0.717, 1.165) is 12.8 Å². The maximum Gasteiger partial charge on any atom is 0.147 e. The molecule has 1 fully saturated rings. The van der Waals surface area contributed by atoms with Gasteiger partial charge in [-0.1, -0.05) is 6.92 Å². The summed E-state index contributed by atoms with van der Waals surface area (Å²) in [7, 11) is -2.79. The van der Waals surface area contributed by atoms with E-state index in [1.54, 1.807) is 0 Å². The Kier molecular flexibility index (Phi) is 2.50. The van der Waals surface area contributed by atoms with Gasteiger partial charge in [-0.3, -0.25) is 0 Å². The zero-order chi connectivity index (χ0) is 9.41. The summed E-state index contributed by atoms with van der Waals surface area (Å²) in [6, 6.07) is 0. The van der Waals surface area contributed by atoms with Gasteiger partial charge in [0, 0.05) is 17.5 Å². The van der Waals surface area contributed by atoms with Crippen LogP contribution in [0.4, 0.5) is 0 Å². The summed E-state index contributed by atoms with van der Waals surface area (Å²) in [5.74, 6) is 0.857. The zero-order valence-electron chi connectivity index (χ0n) is 7.71. The van der Waals surface area contributed by atoms with Gasteiger partial charge in [-0.05, 0) is 25.2 Å². The first-order valence-corrected chi connectivity index (χ1v) is 6.36. The summed E-state index contributed by atoms with van der Waals surface area (Å²) in [5, 5.41) is 0. The van der Waals surface area contributed by atoms with Gasteiger partial charge in [-0.25, -0.2) is 8.42 Å². The molecule has 3 nitrogen and oxygen atoms in total. The highest BCUT2D eigenvalue weighted by Gasteiger charge is 2.46. The minimum absolute atomic E-state index is 0.0370. The molecule has 0 aliphatic heterocycles. The average molecular weight is 191 g/mol. The third-order valence-corrected chi connectivity index (χ3v) is 3.70. The van der Waals surface area contributed by atoms with Gasteiger partial charge in [0.15, 0.2) is 0 Å². The number of sulfone groups is 1. The first-order valence-electron chi connectivity index (χ1n) is 4.30. The van der Waals surface area contributed by atoms with Crippen LogP contribution in [0.15, 0.2) is 0 Å². The Bertz CT molecular complexity index is 260. The molecule has 0 spiro atoms. The van der Waals surface area contributed by atoms with Crippen LogP contribution in [0.1, 0.15) is 26.2 Å². The molecule has 1 rings (SSSR count). The lowest BCUT2D eigenvalue weighted by Crippen LogP contribution is -2.25. The average Bonchev–Trinajstić information content (AvgIpc) is 2.36. The Labute approximate surface area is 74.3 Å². The molecule has 0 amide bonds. The highest BCUT2D eigenvalue weighted by molar-refractivity contribution is 7.90. The van der Waals surface area contributed by atoms with Gasteiger partial charge in [0.25, 0.3) is 0 Å². The van der Waals surface area contributed by atoms with Crippen LogP contribution < -0.4 is 5.73 Å². The molecule has 1 aliphatic carbocycles. The fourth-order valence-corrected chi connectivity index (χ4v) is 2.19. The lowest BCUT2D eigenvalue weighted by Gasteiger charge is -2.08. The van der Waals surface area contributed by atoms with Gasteiger partial charge in [0.2, 0.25) is 0 Å². The Morgan fingerprint density at radius 2 is 2.08 bits per heavy atom. The minimum Gasteiger partial charge on any atom is -0.325 e. The SMILES string of the molecule is CC1CC1(N)CCCS(C)(=O)=O. The van der Waals surface area contributed by atoms with E-state index in [2.05, 4.69) is 6.92 Å². The fourth-order valence-electron chi connectivity index (χ4n) is 1.52. The molecule has 1 aliphatic rings. The van der Waals surface area contributed by atoms with Crippen molar-refractivity contribution in [2.45, 2.75) is 31.7 Å². The quantitative estimate of drug-likeness (QED) is 0.706. The second kappa shape index (κ2) is 3.00. The molecule has 1 saturated carbocycles. The van der Waals surface area contributed by atoms with Gasteiger partial charge in [0.1, 0.15) is 9.84 Å². The first kappa shape index (κ1) is 9.99. The summed E-state index contributed by atoms with van der Waals surface area (Å²) in [4.78, 5) is 0. The molecule has 2 unspecified atom stereocenters. The van der Waals surface area contributed by atoms with Crippen molar-refractivity contribution in [3.8, 4) is 0 Å². The smallest absolute Gasteiger partial charge is 0.147 e. The Balaban J connectivity index is 2.20. The van der Waals surface area contributed by atoms with Crippen LogP contribution in [-0.4, -0.2) is 26.0 Å². The van der Waals surface area contributed by atoms with Crippen LogP contribution in [0.3, 0.4) is 0 Å². The van der Waals surface area contributed by atoms with Gasteiger partial charge < -0.3 is 5.73 Å². The van der Waals surface area contributed by atoms with E-state index < -0.39 is 9.84 Å². The number of nitrogens with two attached hydrogens (primary N) is 1. The summed E-state index contributed by atoms with van der Waals surface area (Å²) in [6.45, 7) is 2.11. The predicted octanol–water partition coefficient (Wildman–Crippen LogP) is 0.548. The van der Waals surface area contributed by atoms with E-state index in [9.17, 15) is 8.42 Å². The van der Waals surface area contributed by atoms with Crippen LogP contribution in [0, 0.1) is 5.92 Å². The molecule has 2 N–H and O–H groups in total. The predicted molar refractivity (Wildman–Crippen MR) is 49.6 cm³/mol. The normalized spacial score (nSPS) is 35.1. The maximum absolute atomic E-state index is 10.8. The topological polar surface area (TPSA) is 60.2 Å². The van der Waals surface area contributed by atoms with Crippen molar-refractivity contribution in [1.82, 2.24) is 0 Å². The van der Waals surface area contributed by atoms with Crippen LogP contribution in [0.25, 0.3) is 0 Å². The van der Waals surface area contributed by atoms with Crippen molar-refractivity contribution >= 4 is 9.84 Å². The number of rotatable bonds is 4. The molecular formula is C8H17NO2S. The zero-order valence-corrected chi connectivity index (χ0v) is 8.52. The van der Waals surface area contributed by atoms with Crippen LogP contribution in [-0.2, 0) is 9.84 Å². The summed E-state index contributed by atoms with van der Waals surface area (Å²) < 4.78 is 21.6. The molecule has 12 heavy (non-hydrogen) atoms. The molecule has 0 heterocycles. The van der Waals surface area contributed by atoms with Crippen molar-refractivity contribution < 1.29 is 8.42 Å². The number of hydrogen-bond acceptors (Lipinski definition) is 3. The summed E-state index contributed by atoms with van der Waals surface area (Å²) in [6.07, 6.45) is 3.88. The Morgan fingerprint density at radius 1 is 1.58 bits per heavy atom. The second-order valence-corrected chi connectivity index (χ2v) is 6.33. The van der Waals surface area contributed by atoms with E-state index in [0.29, 0.717) is 12.3 Å². The molecule has 0 radical (unpaired) electrons. The minimum atomic E-state index is -2.79. The Hall–Kier alpha value is -0.0900. The summed E-state index contributed by atoms with van der Waals surface area (Å²) >= 11 is 0. The Morgan fingerprint density at radius 3 is 2.42 bits per heavy atom. The van der Waals surface area contributed by atoms with Gasteiger partial charge >= 0.3 is 0 Å². The van der Waals surface area contributed by atoms with Crippen LogP contribution >= 0.6 is 0 Å². The van der Waals surface area contributed by atoms with Crippen molar-refractivity contribution in [3.05, 3.63) is 0 Å². The van der Waals surface area contributed by atoms with Gasteiger partial charge in [0.05, 0.1) is 0 Å². The fraction of sp³-hybridized carbons (Fsp3) is 1.00. The monoisotopic (exact) mass is 191 g/mol. The van der Waals surface area contributed by atoms with Crippen molar-refractivity contribution in [1.29, 1.82) is 0 Å². The van der Waals surface area contributed by atoms with Crippen molar-refractivity contribution in [2.75, 3.05) is 12.0 Å². The molecule has 4 heteroatoms.